The molecule has 0 aliphatic carbocycles. The molecule has 0 unspecified atom stereocenters. The van der Waals surface area contributed by atoms with Crippen LogP contribution in [0, 0.1) is 0 Å². The highest BCUT2D eigenvalue weighted by Crippen LogP contribution is 2.20. The highest BCUT2D eigenvalue weighted by molar-refractivity contribution is 6.33. The Kier molecular flexibility index (Phi) is 4.21. The fourth-order valence-electron chi connectivity index (χ4n) is 2.05. The van der Waals surface area contributed by atoms with E-state index >= 15 is 0 Å². The SMILES string of the molecule is O=C(NCc1cc(-c2ccccc2)on1)c1ccccc1Cl. The molecule has 0 saturated carbocycles. The molecule has 4 nitrogen and oxygen atoms in total. The molecular formula is C17H13ClN2O2. The van der Waals surface area contributed by atoms with Crippen LogP contribution >= 0.6 is 11.6 Å². The molecule has 3 rings (SSSR count). The molecule has 0 aliphatic rings. The van der Waals surface area contributed by atoms with Crippen molar-refractivity contribution >= 4 is 17.5 Å². The third-order valence-electron chi connectivity index (χ3n) is 3.17. The maximum atomic E-state index is 12.1. The first-order valence-electron chi connectivity index (χ1n) is 6.78. The first-order chi connectivity index (χ1) is 10.7. The number of benzene rings is 2. The Hall–Kier alpha value is -2.59. The van der Waals surface area contributed by atoms with Gasteiger partial charge >= 0.3 is 0 Å². The van der Waals surface area contributed by atoms with Crippen molar-refractivity contribution in [1.82, 2.24) is 10.5 Å². The van der Waals surface area contributed by atoms with Crippen molar-refractivity contribution in [2.75, 3.05) is 0 Å². The lowest BCUT2D eigenvalue weighted by Gasteiger charge is -2.04. The molecule has 2 aromatic carbocycles. The van der Waals surface area contributed by atoms with Crippen molar-refractivity contribution in [2.45, 2.75) is 6.54 Å². The number of carbonyl (C=O) groups excluding carboxylic acids is 1. The van der Waals surface area contributed by atoms with Crippen LogP contribution in [0.2, 0.25) is 5.02 Å². The van der Waals surface area contributed by atoms with Crippen molar-refractivity contribution in [3.63, 3.8) is 0 Å². The van der Waals surface area contributed by atoms with Crippen molar-refractivity contribution in [3.8, 4) is 11.3 Å². The number of nitrogens with one attached hydrogen (secondary N) is 1. The summed E-state index contributed by atoms with van der Waals surface area (Å²) in [6, 6.07) is 18.4. The van der Waals surface area contributed by atoms with Crippen LogP contribution in [0.5, 0.6) is 0 Å². The van der Waals surface area contributed by atoms with Gasteiger partial charge in [-0.25, -0.2) is 0 Å². The van der Waals surface area contributed by atoms with Gasteiger partial charge < -0.3 is 9.84 Å². The van der Waals surface area contributed by atoms with Crippen molar-refractivity contribution in [2.24, 2.45) is 0 Å². The second kappa shape index (κ2) is 6.45. The quantitative estimate of drug-likeness (QED) is 0.794. The topological polar surface area (TPSA) is 55.1 Å². The predicted molar refractivity (Wildman–Crippen MR) is 84.6 cm³/mol. The molecule has 3 aromatic rings. The molecule has 1 aromatic heterocycles. The largest absolute Gasteiger partial charge is 0.356 e. The number of carbonyl (C=O) groups is 1. The lowest BCUT2D eigenvalue weighted by Crippen LogP contribution is -2.23. The van der Waals surface area contributed by atoms with Crippen LogP contribution in [0.4, 0.5) is 0 Å². The summed E-state index contributed by atoms with van der Waals surface area (Å²) in [5.74, 6) is 0.428. The number of aromatic nitrogens is 1. The number of halogens is 1. The first kappa shape index (κ1) is 14.4. The number of hydrogen-bond donors (Lipinski definition) is 1. The van der Waals surface area contributed by atoms with Crippen LogP contribution in [0.1, 0.15) is 16.1 Å². The molecule has 110 valence electrons. The summed E-state index contributed by atoms with van der Waals surface area (Å²) < 4.78 is 5.29. The summed E-state index contributed by atoms with van der Waals surface area (Å²) in [6.45, 7) is 0.278. The van der Waals surface area contributed by atoms with Crippen LogP contribution < -0.4 is 5.32 Å². The summed E-state index contributed by atoms with van der Waals surface area (Å²) in [4.78, 5) is 12.1. The lowest BCUT2D eigenvalue weighted by atomic mass is 10.1. The maximum absolute atomic E-state index is 12.1. The Bertz CT molecular complexity index is 784. The van der Waals surface area contributed by atoms with E-state index in [9.17, 15) is 4.79 Å². The molecule has 0 saturated heterocycles. The molecule has 5 heteroatoms. The van der Waals surface area contributed by atoms with Crippen LogP contribution in [-0.4, -0.2) is 11.1 Å². The minimum atomic E-state index is -0.241. The fraction of sp³-hybridized carbons (Fsp3) is 0.0588. The third-order valence-corrected chi connectivity index (χ3v) is 3.50. The van der Waals surface area contributed by atoms with Crippen LogP contribution in [0.15, 0.2) is 65.2 Å². The van der Waals surface area contributed by atoms with E-state index in [1.54, 1.807) is 24.3 Å². The lowest BCUT2D eigenvalue weighted by molar-refractivity contribution is 0.0950. The molecule has 1 heterocycles. The van der Waals surface area contributed by atoms with E-state index in [2.05, 4.69) is 10.5 Å². The third kappa shape index (κ3) is 3.18. The van der Waals surface area contributed by atoms with Gasteiger partial charge in [0.15, 0.2) is 5.76 Å². The Labute approximate surface area is 132 Å². The highest BCUT2D eigenvalue weighted by atomic mass is 35.5. The number of amides is 1. The van der Waals surface area contributed by atoms with Crippen LogP contribution in [0.25, 0.3) is 11.3 Å². The standard InChI is InChI=1S/C17H13ClN2O2/c18-15-9-5-4-8-14(15)17(21)19-11-13-10-16(22-20-13)12-6-2-1-3-7-12/h1-10H,11H2,(H,19,21). The first-order valence-corrected chi connectivity index (χ1v) is 7.15. The van der Waals surface area contributed by atoms with Gasteiger partial charge in [-0.05, 0) is 12.1 Å². The molecule has 22 heavy (non-hydrogen) atoms. The smallest absolute Gasteiger partial charge is 0.253 e. The predicted octanol–water partition coefficient (Wildman–Crippen LogP) is 3.93. The minimum absolute atomic E-state index is 0.241. The molecule has 1 amide bonds. The van der Waals surface area contributed by atoms with Gasteiger partial charge in [-0.1, -0.05) is 59.2 Å². The molecule has 0 spiro atoms. The van der Waals surface area contributed by atoms with E-state index in [4.69, 9.17) is 16.1 Å². The Morgan fingerprint density at radius 1 is 1.09 bits per heavy atom. The van der Waals surface area contributed by atoms with E-state index in [1.165, 1.54) is 0 Å². The van der Waals surface area contributed by atoms with Crippen molar-refractivity contribution in [1.29, 1.82) is 0 Å². The Morgan fingerprint density at radius 3 is 2.59 bits per heavy atom. The monoisotopic (exact) mass is 312 g/mol. The van der Waals surface area contributed by atoms with E-state index < -0.39 is 0 Å². The summed E-state index contributed by atoms with van der Waals surface area (Å²) in [5, 5.41) is 7.15. The normalized spacial score (nSPS) is 10.4. The number of nitrogens with zero attached hydrogens (tertiary/aromatic N) is 1. The van der Waals surface area contributed by atoms with Gasteiger partial charge in [0.25, 0.3) is 5.91 Å². The molecule has 0 atom stereocenters. The van der Waals surface area contributed by atoms with Gasteiger partial charge in [-0.2, -0.15) is 0 Å². The number of hydrogen-bond acceptors (Lipinski definition) is 3. The molecule has 0 bridgehead atoms. The second-order valence-corrected chi connectivity index (χ2v) is 5.12. The molecule has 1 N–H and O–H groups in total. The van der Waals surface area contributed by atoms with Crippen LogP contribution in [-0.2, 0) is 6.54 Å². The van der Waals surface area contributed by atoms with E-state index in [0.717, 1.165) is 5.56 Å². The Morgan fingerprint density at radius 2 is 1.82 bits per heavy atom. The van der Waals surface area contributed by atoms with Gasteiger partial charge in [-0.3, -0.25) is 4.79 Å². The van der Waals surface area contributed by atoms with Crippen molar-refractivity contribution in [3.05, 3.63) is 76.9 Å². The molecule has 0 radical (unpaired) electrons. The van der Waals surface area contributed by atoms with Gasteiger partial charge in [0.2, 0.25) is 0 Å². The average molecular weight is 313 g/mol. The fourth-order valence-corrected chi connectivity index (χ4v) is 2.27. The summed E-state index contributed by atoms with van der Waals surface area (Å²) in [5.41, 5.74) is 2.04. The summed E-state index contributed by atoms with van der Waals surface area (Å²) >= 11 is 5.99. The second-order valence-electron chi connectivity index (χ2n) is 4.71. The highest BCUT2D eigenvalue weighted by Gasteiger charge is 2.11. The van der Waals surface area contributed by atoms with Gasteiger partial charge in [-0.15, -0.1) is 0 Å². The van der Waals surface area contributed by atoms with E-state index in [0.29, 0.717) is 22.0 Å². The van der Waals surface area contributed by atoms with Gasteiger partial charge in [0.05, 0.1) is 17.1 Å². The zero-order chi connectivity index (χ0) is 15.4. The molecule has 0 fully saturated rings. The maximum Gasteiger partial charge on any atom is 0.253 e. The van der Waals surface area contributed by atoms with Crippen molar-refractivity contribution < 1.29 is 9.32 Å². The zero-order valence-corrected chi connectivity index (χ0v) is 12.4. The molecule has 0 aliphatic heterocycles. The zero-order valence-electron chi connectivity index (χ0n) is 11.6. The number of rotatable bonds is 4. The van der Waals surface area contributed by atoms with Crippen LogP contribution in [0.3, 0.4) is 0 Å². The Balaban J connectivity index is 1.67. The van der Waals surface area contributed by atoms with E-state index in [-0.39, 0.29) is 12.5 Å². The molecular weight excluding hydrogens is 300 g/mol. The van der Waals surface area contributed by atoms with E-state index in [1.807, 2.05) is 36.4 Å². The average Bonchev–Trinajstić information content (AvgIpc) is 3.03. The summed E-state index contributed by atoms with van der Waals surface area (Å²) in [7, 11) is 0. The minimum Gasteiger partial charge on any atom is -0.356 e. The van der Waals surface area contributed by atoms with Gasteiger partial charge in [0.1, 0.15) is 5.69 Å². The summed E-state index contributed by atoms with van der Waals surface area (Å²) in [6.07, 6.45) is 0. The van der Waals surface area contributed by atoms with Gasteiger partial charge in [0, 0.05) is 11.6 Å².